The van der Waals surface area contributed by atoms with Gasteiger partial charge in [-0.15, -0.1) is 0 Å². The highest BCUT2D eigenvalue weighted by Crippen LogP contribution is 2.41. The molecule has 0 spiro atoms. The van der Waals surface area contributed by atoms with Crippen molar-refractivity contribution >= 4 is 33.4 Å². The Morgan fingerprint density at radius 2 is 1.27 bits per heavy atom. The number of phenolic OH excluding ortho intramolecular Hbond substituents is 1. The molecule has 2 heteroatoms. The molecule has 0 aliphatic heterocycles. The molecule has 1 N–H and O–H groups in total. The molecule has 0 heterocycles. The summed E-state index contributed by atoms with van der Waals surface area (Å²) in [7, 11) is 0. The smallest absolute Gasteiger partial charge is 0.128 e. The molecule has 0 unspecified atom stereocenters. The fourth-order valence-electron chi connectivity index (χ4n) is 4.99. The second kappa shape index (κ2) is 9.19. The zero-order valence-corrected chi connectivity index (χ0v) is 22.6. The molecule has 37 heavy (non-hydrogen) atoms. The van der Waals surface area contributed by atoms with E-state index in [1.165, 1.54) is 21.7 Å². The van der Waals surface area contributed by atoms with Gasteiger partial charge in [0.2, 0.25) is 0 Å². The van der Waals surface area contributed by atoms with E-state index in [4.69, 9.17) is 4.99 Å². The minimum Gasteiger partial charge on any atom is -0.507 e. The van der Waals surface area contributed by atoms with Gasteiger partial charge in [-0.25, -0.2) is 0 Å². The van der Waals surface area contributed by atoms with Crippen LogP contribution in [0.2, 0.25) is 0 Å². The first-order valence-electron chi connectivity index (χ1n) is 13.0. The maximum Gasteiger partial charge on any atom is 0.128 e. The van der Waals surface area contributed by atoms with Crippen molar-refractivity contribution in [2.75, 3.05) is 0 Å². The standard InChI is InChI=1S/C35H35NO/c1-34(2,3)26-20-25(33(37)30(21-26)35(4,5)6)22-36-31-19-18-24-13-8-10-16-28(24)32(31)29-17-11-14-23-12-7-9-15-27(23)29/h7-22,37H,1-6H3. The quantitative estimate of drug-likeness (QED) is 0.253. The molecule has 5 rings (SSSR count). The Kier molecular flexibility index (Phi) is 6.15. The predicted octanol–water partition coefficient (Wildman–Crippen LogP) is 9.71. The van der Waals surface area contributed by atoms with Crippen LogP contribution in [0, 0.1) is 0 Å². The number of aromatic hydroxyl groups is 1. The van der Waals surface area contributed by atoms with Gasteiger partial charge in [0, 0.05) is 22.9 Å². The fourth-order valence-corrected chi connectivity index (χ4v) is 4.99. The third kappa shape index (κ3) is 4.76. The predicted molar refractivity (Wildman–Crippen MR) is 160 cm³/mol. The van der Waals surface area contributed by atoms with Crippen LogP contribution < -0.4 is 0 Å². The summed E-state index contributed by atoms with van der Waals surface area (Å²) in [6.45, 7) is 13.0. The molecule has 5 aromatic rings. The van der Waals surface area contributed by atoms with Gasteiger partial charge in [0.15, 0.2) is 0 Å². The monoisotopic (exact) mass is 485 g/mol. The maximum atomic E-state index is 11.3. The van der Waals surface area contributed by atoms with E-state index in [0.29, 0.717) is 5.75 Å². The van der Waals surface area contributed by atoms with Crippen LogP contribution >= 0.6 is 0 Å². The number of hydrogen-bond donors (Lipinski definition) is 1. The van der Waals surface area contributed by atoms with E-state index >= 15 is 0 Å². The summed E-state index contributed by atoms with van der Waals surface area (Å²) in [5.74, 6) is 0.303. The summed E-state index contributed by atoms with van der Waals surface area (Å²) in [5, 5.41) is 16.0. The summed E-state index contributed by atoms with van der Waals surface area (Å²) >= 11 is 0. The van der Waals surface area contributed by atoms with Crippen LogP contribution in [0.1, 0.15) is 58.2 Å². The van der Waals surface area contributed by atoms with Gasteiger partial charge in [-0.1, -0.05) is 120 Å². The molecule has 0 aromatic heterocycles. The summed E-state index contributed by atoms with van der Waals surface area (Å²) < 4.78 is 0. The summed E-state index contributed by atoms with van der Waals surface area (Å²) in [4.78, 5) is 5.03. The normalized spacial score (nSPS) is 12.6. The second-order valence-corrected chi connectivity index (χ2v) is 11.9. The number of nitrogens with zero attached hydrogens (tertiary/aromatic N) is 1. The number of hydrogen-bond acceptors (Lipinski definition) is 2. The molecule has 186 valence electrons. The van der Waals surface area contributed by atoms with Gasteiger partial charge in [0.1, 0.15) is 5.75 Å². The minimum atomic E-state index is -0.189. The van der Waals surface area contributed by atoms with Crippen LogP contribution in [0.3, 0.4) is 0 Å². The Morgan fingerprint density at radius 3 is 1.95 bits per heavy atom. The molecule has 0 aliphatic carbocycles. The zero-order chi connectivity index (χ0) is 26.4. The fraction of sp³-hybridized carbons (Fsp3) is 0.229. The highest BCUT2D eigenvalue weighted by molar-refractivity contribution is 6.09. The molecule has 2 nitrogen and oxygen atoms in total. The van der Waals surface area contributed by atoms with Gasteiger partial charge in [0.05, 0.1) is 5.69 Å². The summed E-state index contributed by atoms with van der Waals surface area (Å²) in [6.07, 6.45) is 1.83. The van der Waals surface area contributed by atoms with Crippen LogP contribution in [0.4, 0.5) is 5.69 Å². The Balaban J connectivity index is 1.75. The topological polar surface area (TPSA) is 32.6 Å². The minimum absolute atomic E-state index is 0.0483. The van der Waals surface area contributed by atoms with Gasteiger partial charge in [0.25, 0.3) is 0 Å². The number of benzene rings is 5. The molecule has 0 saturated heterocycles. The number of aliphatic imine (C=N–C) groups is 1. The van der Waals surface area contributed by atoms with E-state index < -0.39 is 0 Å². The lowest BCUT2D eigenvalue weighted by molar-refractivity contribution is 0.444. The van der Waals surface area contributed by atoms with Gasteiger partial charge in [-0.2, -0.15) is 0 Å². The molecule has 0 atom stereocenters. The molecule has 0 fully saturated rings. The molecule has 0 bridgehead atoms. The first-order chi connectivity index (χ1) is 17.5. The SMILES string of the molecule is CC(C)(C)c1cc(C=Nc2ccc3ccccc3c2-c2cccc3ccccc23)c(O)c(C(C)(C)C)c1. The Bertz CT molecular complexity index is 1640. The number of fused-ring (bicyclic) bond motifs is 2. The Labute approximate surface area is 220 Å². The first kappa shape index (κ1) is 24.8. The molecule has 0 saturated carbocycles. The zero-order valence-electron chi connectivity index (χ0n) is 22.6. The molecule has 0 amide bonds. The van der Waals surface area contributed by atoms with Gasteiger partial charge < -0.3 is 5.11 Å². The molecular weight excluding hydrogens is 450 g/mol. The molecule has 0 radical (unpaired) electrons. The largest absolute Gasteiger partial charge is 0.507 e. The van der Waals surface area contributed by atoms with Crippen LogP contribution in [-0.2, 0) is 10.8 Å². The van der Waals surface area contributed by atoms with Gasteiger partial charge >= 0.3 is 0 Å². The van der Waals surface area contributed by atoms with E-state index in [9.17, 15) is 5.11 Å². The van der Waals surface area contributed by atoms with E-state index in [0.717, 1.165) is 33.3 Å². The Hall–Kier alpha value is -3.91. The van der Waals surface area contributed by atoms with Crippen molar-refractivity contribution in [1.29, 1.82) is 0 Å². The van der Waals surface area contributed by atoms with Crippen LogP contribution in [-0.4, -0.2) is 11.3 Å². The molecule has 0 aliphatic rings. The average Bonchev–Trinajstić information content (AvgIpc) is 2.86. The third-order valence-electron chi connectivity index (χ3n) is 7.12. The highest BCUT2D eigenvalue weighted by Gasteiger charge is 2.24. The summed E-state index contributed by atoms with van der Waals surface area (Å²) in [6, 6.07) is 31.8. The molecular formula is C35H35NO. The second-order valence-electron chi connectivity index (χ2n) is 11.9. The van der Waals surface area contributed by atoms with Crippen molar-refractivity contribution in [2.24, 2.45) is 4.99 Å². The van der Waals surface area contributed by atoms with E-state index in [1.807, 2.05) is 6.21 Å². The van der Waals surface area contributed by atoms with Crippen molar-refractivity contribution in [2.45, 2.75) is 52.4 Å². The van der Waals surface area contributed by atoms with Crippen molar-refractivity contribution in [3.8, 4) is 16.9 Å². The van der Waals surface area contributed by atoms with Crippen molar-refractivity contribution in [1.82, 2.24) is 0 Å². The molecule has 5 aromatic carbocycles. The van der Waals surface area contributed by atoms with Crippen LogP contribution in [0.5, 0.6) is 5.75 Å². The van der Waals surface area contributed by atoms with Crippen molar-refractivity contribution in [3.63, 3.8) is 0 Å². The van der Waals surface area contributed by atoms with E-state index in [1.54, 1.807) is 0 Å². The summed E-state index contributed by atoms with van der Waals surface area (Å²) in [5.41, 5.74) is 5.78. The third-order valence-corrected chi connectivity index (χ3v) is 7.12. The lowest BCUT2D eigenvalue weighted by atomic mass is 9.79. The Morgan fingerprint density at radius 1 is 0.649 bits per heavy atom. The van der Waals surface area contributed by atoms with Gasteiger partial charge in [-0.05, 0) is 55.6 Å². The lowest BCUT2D eigenvalue weighted by Crippen LogP contribution is -2.17. The lowest BCUT2D eigenvalue weighted by Gasteiger charge is -2.27. The number of rotatable bonds is 3. The van der Waals surface area contributed by atoms with E-state index in [-0.39, 0.29) is 10.8 Å². The number of phenols is 1. The van der Waals surface area contributed by atoms with E-state index in [2.05, 4.69) is 133 Å². The average molecular weight is 486 g/mol. The van der Waals surface area contributed by atoms with Crippen molar-refractivity contribution in [3.05, 3.63) is 108 Å². The maximum absolute atomic E-state index is 11.3. The van der Waals surface area contributed by atoms with Crippen LogP contribution in [0.25, 0.3) is 32.7 Å². The van der Waals surface area contributed by atoms with Crippen LogP contribution in [0.15, 0.2) is 96.0 Å². The first-order valence-corrected chi connectivity index (χ1v) is 13.0. The van der Waals surface area contributed by atoms with Gasteiger partial charge in [-0.3, -0.25) is 4.99 Å². The van der Waals surface area contributed by atoms with Crippen molar-refractivity contribution < 1.29 is 5.11 Å². The highest BCUT2D eigenvalue weighted by atomic mass is 16.3.